The zero-order chi connectivity index (χ0) is 15.2. The van der Waals surface area contributed by atoms with E-state index < -0.39 is 10.8 Å². The molecule has 0 saturated carbocycles. The highest BCUT2D eigenvalue weighted by atomic mass is 32.2. The van der Waals surface area contributed by atoms with Crippen molar-refractivity contribution >= 4 is 16.6 Å². The second kappa shape index (κ2) is 7.13. The number of Topliss-reactive ketones (excluding diaryl/α,β-unsaturated/α-hetero) is 1. The Balaban J connectivity index is 2.01. The monoisotopic (exact) mass is 306 g/mol. The highest BCUT2D eigenvalue weighted by Crippen LogP contribution is 2.22. The van der Waals surface area contributed by atoms with Crippen molar-refractivity contribution < 1.29 is 18.1 Å². The largest absolute Gasteiger partial charge is 0.495 e. The van der Waals surface area contributed by atoms with Gasteiger partial charge in [0.25, 0.3) is 0 Å². The minimum absolute atomic E-state index is 0.135. The molecule has 3 nitrogen and oxygen atoms in total. The van der Waals surface area contributed by atoms with E-state index in [-0.39, 0.29) is 23.8 Å². The van der Waals surface area contributed by atoms with Crippen molar-refractivity contribution in [1.82, 2.24) is 0 Å². The van der Waals surface area contributed by atoms with Gasteiger partial charge in [0.15, 0.2) is 5.78 Å². The fourth-order valence-electron chi connectivity index (χ4n) is 1.88. The van der Waals surface area contributed by atoms with Crippen molar-refractivity contribution in [3.63, 3.8) is 0 Å². The first kappa shape index (κ1) is 15.4. The smallest absolute Gasteiger partial charge is 0.163 e. The first-order valence-electron chi connectivity index (χ1n) is 6.42. The summed E-state index contributed by atoms with van der Waals surface area (Å²) in [5.41, 5.74) is 0.424. The molecule has 0 amide bonds. The zero-order valence-electron chi connectivity index (χ0n) is 11.5. The minimum atomic E-state index is -1.31. The third-order valence-electron chi connectivity index (χ3n) is 3.00. The first-order valence-corrected chi connectivity index (χ1v) is 7.74. The molecule has 110 valence electrons. The molecule has 0 N–H and O–H groups in total. The van der Waals surface area contributed by atoms with Gasteiger partial charge in [-0.05, 0) is 36.4 Å². The molecule has 1 unspecified atom stereocenters. The van der Waals surface area contributed by atoms with Crippen LogP contribution >= 0.6 is 0 Å². The molecule has 2 rings (SSSR count). The number of hydrogen-bond donors (Lipinski definition) is 0. The van der Waals surface area contributed by atoms with Crippen molar-refractivity contribution in [2.45, 2.75) is 11.3 Å². The zero-order valence-corrected chi connectivity index (χ0v) is 12.4. The molecule has 1 atom stereocenters. The molecule has 0 aliphatic rings. The van der Waals surface area contributed by atoms with E-state index >= 15 is 0 Å². The van der Waals surface area contributed by atoms with Gasteiger partial charge >= 0.3 is 0 Å². The van der Waals surface area contributed by atoms with Gasteiger partial charge in [-0.1, -0.05) is 12.1 Å². The van der Waals surface area contributed by atoms with Crippen LogP contribution in [0.3, 0.4) is 0 Å². The summed E-state index contributed by atoms with van der Waals surface area (Å²) in [7, 11) is 0.200. The lowest BCUT2D eigenvalue weighted by Crippen LogP contribution is -2.07. The molecule has 0 aliphatic heterocycles. The Kier molecular flexibility index (Phi) is 5.22. The Bertz CT molecular complexity index is 653. The van der Waals surface area contributed by atoms with E-state index in [0.717, 1.165) is 0 Å². The second-order valence-corrected chi connectivity index (χ2v) is 5.92. The fourth-order valence-corrected chi connectivity index (χ4v) is 3.08. The number of methoxy groups -OCH3 is 1. The predicted octanol–water partition coefficient (Wildman–Crippen LogP) is 3.21. The SMILES string of the molecule is COc1ccccc1S(=O)CCC(=O)c1ccc(F)cc1. The maximum Gasteiger partial charge on any atom is 0.163 e. The van der Waals surface area contributed by atoms with Crippen molar-refractivity contribution in [3.05, 3.63) is 59.9 Å². The van der Waals surface area contributed by atoms with E-state index in [1.807, 2.05) is 0 Å². The quantitative estimate of drug-likeness (QED) is 0.770. The predicted molar refractivity (Wildman–Crippen MR) is 79.6 cm³/mol. The van der Waals surface area contributed by atoms with Crippen LogP contribution in [-0.2, 0) is 10.8 Å². The van der Waals surface area contributed by atoms with Crippen LogP contribution in [0.1, 0.15) is 16.8 Å². The number of para-hydroxylation sites is 1. The van der Waals surface area contributed by atoms with Gasteiger partial charge in [0, 0.05) is 17.7 Å². The Morgan fingerprint density at radius 1 is 1.14 bits per heavy atom. The van der Waals surface area contributed by atoms with Crippen molar-refractivity contribution in [1.29, 1.82) is 0 Å². The normalized spacial score (nSPS) is 11.9. The molecule has 5 heteroatoms. The summed E-state index contributed by atoms with van der Waals surface area (Å²) in [6.07, 6.45) is 0.135. The van der Waals surface area contributed by atoms with Gasteiger partial charge in [0.2, 0.25) is 0 Å². The van der Waals surface area contributed by atoms with Crippen LogP contribution in [0.2, 0.25) is 0 Å². The lowest BCUT2D eigenvalue weighted by molar-refractivity contribution is 0.0989. The summed E-state index contributed by atoms with van der Waals surface area (Å²) in [6.45, 7) is 0. The number of carbonyl (C=O) groups excluding carboxylic acids is 1. The van der Waals surface area contributed by atoms with Gasteiger partial charge in [-0.3, -0.25) is 9.00 Å². The number of halogens is 1. The summed E-state index contributed by atoms with van der Waals surface area (Å²) in [6, 6.07) is 12.4. The fraction of sp³-hybridized carbons (Fsp3) is 0.188. The molecule has 0 spiro atoms. The van der Waals surface area contributed by atoms with E-state index in [4.69, 9.17) is 4.74 Å². The van der Waals surface area contributed by atoms with Crippen LogP contribution in [0, 0.1) is 5.82 Å². The Morgan fingerprint density at radius 2 is 1.81 bits per heavy atom. The highest BCUT2D eigenvalue weighted by Gasteiger charge is 2.13. The van der Waals surface area contributed by atoms with Gasteiger partial charge in [-0.25, -0.2) is 4.39 Å². The lowest BCUT2D eigenvalue weighted by Gasteiger charge is -2.07. The topological polar surface area (TPSA) is 43.4 Å². The Labute approximate surface area is 125 Å². The standard InChI is InChI=1S/C16H15FO3S/c1-20-15-4-2-3-5-16(15)21(19)11-10-14(18)12-6-8-13(17)9-7-12/h2-9H,10-11H2,1H3. The maximum absolute atomic E-state index is 12.8. The molecular weight excluding hydrogens is 291 g/mol. The van der Waals surface area contributed by atoms with Gasteiger partial charge in [-0.2, -0.15) is 0 Å². The van der Waals surface area contributed by atoms with Gasteiger partial charge in [0.05, 0.1) is 22.8 Å². The van der Waals surface area contributed by atoms with Crippen molar-refractivity contribution in [3.8, 4) is 5.75 Å². The van der Waals surface area contributed by atoms with Crippen LogP contribution in [-0.4, -0.2) is 22.9 Å². The van der Waals surface area contributed by atoms with Crippen LogP contribution in [0.15, 0.2) is 53.4 Å². The van der Waals surface area contributed by atoms with E-state index in [0.29, 0.717) is 16.2 Å². The molecule has 21 heavy (non-hydrogen) atoms. The second-order valence-electron chi connectivity index (χ2n) is 4.38. The number of ether oxygens (including phenoxy) is 1. The number of benzene rings is 2. The van der Waals surface area contributed by atoms with Crippen LogP contribution < -0.4 is 4.74 Å². The first-order chi connectivity index (χ1) is 10.1. The number of carbonyl (C=O) groups is 1. The third kappa shape index (κ3) is 3.98. The van der Waals surface area contributed by atoms with Gasteiger partial charge < -0.3 is 4.74 Å². The summed E-state index contributed by atoms with van der Waals surface area (Å²) < 4.78 is 30.2. The average Bonchev–Trinajstić information content (AvgIpc) is 2.52. The van der Waals surface area contributed by atoms with E-state index in [9.17, 15) is 13.4 Å². The minimum Gasteiger partial charge on any atom is -0.495 e. The van der Waals surface area contributed by atoms with Crippen LogP contribution in [0.5, 0.6) is 5.75 Å². The van der Waals surface area contributed by atoms with Crippen LogP contribution in [0.25, 0.3) is 0 Å². The highest BCUT2D eigenvalue weighted by molar-refractivity contribution is 7.85. The van der Waals surface area contributed by atoms with Gasteiger partial charge in [-0.15, -0.1) is 0 Å². The molecule has 0 aromatic heterocycles. The molecule has 0 radical (unpaired) electrons. The number of rotatable bonds is 6. The summed E-state index contributed by atoms with van der Waals surface area (Å²) in [4.78, 5) is 12.5. The summed E-state index contributed by atoms with van der Waals surface area (Å²) >= 11 is 0. The molecule has 0 bridgehead atoms. The van der Waals surface area contributed by atoms with Crippen LogP contribution in [0.4, 0.5) is 4.39 Å². The van der Waals surface area contributed by atoms with Crippen molar-refractivity contribution in [2.24, 2.45) is 0 Å². The van der Waals surface area contributed by atoms with Crippen molar-refractivity contribution in [2.75, 3.05) is 12.9 Å². The average molecular weight is 306 g/mol. The summed E-state index contributed by atoms with van der Waals surface area (Å²) in [5, 5.41) is 0. The Hall–Kier alpha value is -2.01. The Morgan fingerprint density at radius 3 is 2.48 bits per heavy atom. The number of ketones is 1. The molecule has 0 fully saturated rings. The van der Waals surface area contributed by atoms with Gasteiger partial charge in [0.1, 0.15) is 11.6 Å². The molecule has 2 aromatic carbocycles. The lowest BCUT2D eigenvalue weighted by atomic mass is 10.1. The maximum atomic E-state index is 12.8. The molecule has 0 aliphatic carbocycles. The molecule has 0 heterocycles. The van der Waals surface area contributed by atoms with E-state index in [2.05, 4.69) is 0 Å². The number of hydrogen-bond acceptors (Lipinski definition) is 3. The van der Waals surface area contributed by atoms with E-state index in [1.54, 1.807) is 24.3 Å². The molecule has 0 saturated heterocycles. The molecule has 2 aromatic rings. The van der Waals surface area contributed by atoms with E-state index in [1.165, 1.54) is 31.4 Å². The third-order valence-corrected chi connectivity index (χ3v) is 4.40. The molecular formula is C16H15FO3S. The summed E-state index contributed by atoms with van der Waals surface area (Å²) in [5.74, 6) is 0.212.